The number of carbonyl (C=O) groups excluding carboxylic acids is 2. The molecular weight excluding hydrogens is 455 g/mol. The monoisotopic (exact) mass is 482 g/mol. The number of pyridine rings is 1. The van der Waals surface area contributed by atoms with Crippen LogP contribution in [-0.4, -0.2) is 24.0 Å². The highest BCUT2D eigenvalue weighted by Gasteiger charge is 2.25. The van der Waals surface area contributed by atoms with E-state index in [-0.39, 0.29) is 42.5 Å². The lowest BCUT2D eigenvalue weighted by atomic mass is 10.00. The maximum Gasteiger partial charge on any atom is 0.338 e. The van der Waals surface area contributed by atoms with E-state index in [9.17, 15) is 9.59 Å². The molecule has 1 amide bonds. The lowest BCUT2D eigenvalue weighted by Gasteiger charge is -2.26. The van der Waals surface area contributed by atoms with E-state index in [1.54, 1.807) is 12.1 Å². The third kappa shape index (κ3) is 6.30. The number of carbonyl (C=O) groups is 2. The zero-order chi connectivity index (χ0) is 19.5. The van der Waals surface area contributed by atoms with Crippen molar-refractivity contribution >= 4 is 11.9 Å². The minimum Gasteiger partial charge on any atom is -1.00 e. The van der Waals surface area contributed by atoms with E-state index < -0.39 is 5.54 Å². The Bertz CT molecular complexity index is 807. The number of aromatic nitrogens is 1. The average molecular weight is 482 g/mol. The Morgan fingerprint density at radius 2 is 1.59 bits per heavy atom. The van der Waals surface area contributed by atoms with Crippen LogP contribution in [0.3, 0.4) is 0 Å². The molecule has 0 unspecified atom stereocenters. The van der Waals surface area contributed by atoms with Crippen molar-refractivity contribution in [1.82, 2.24) is 5.32 Å². The Morgan fingerprint density at radius 1 is 1.07 bits per heavy atom. The third-order valence-corrected chi connectivity index (χ3v) is 4.14. The first kappa shape index (κ1) is 23.1. The molecule has 0 spiro atoms. The second-order valence-corrected chi connectivity index (χ2v) is 7.44. The Kier molecular flexibility index (Phi) is 7.95. The van der Waals surface area contributed by atoms with Crippen LogP contribution in [0, 0.1) is 20.8 Å². The van der Waals surface area contributed by atoms with E-state index in [2.05, 4.69) is 5.32 Å². The summed E-state index contributed by atoms with van der Waals surface area (Å²) in [6, 6.07) is 7.42. The van der Waals surface area contributed by atoms with Crippen LogP contribution in [0.5, 0.6) is 0 Å². The van der Waals surface area contributed by atoms with Crippen molar-refractivity contribution in [1.29, 1.82) is 0 Å². The molecule has 0 atom stereocenters. The molecular formula is C21H27IN2O3. The van der Waals surface area contributed by atoms with Gasteiger partial charge in [-0.05, 0) is 45.7 Å². The molecule has 1 aromatic heterocycles. The van der Waals surface area contributed by atoms with Crippen molar-refractivity contribution in [3.8, 4) is 0 Å². The van der Waals surface area contributed by atoms with E-state index >= 15 is 0 Å². The van der Waals surface area contributed by atoms with E-state index in [0.29, 0.717) is 11.1 Å². The summed E-state index contributed by atoms with van der Waals surface area (Å²) in [5.41, 5.74) is 3.37. The summed E-state index contributed by atoms with van der Waals surface area (Å²) >= 11 is 0. The topological polar surface area (TPSA) is 59.3 Å². The first-order valence-corrected chi connectivity index (χ1v) is 8.62. The van der Waals surface area contributed by atoms with Crippen LogP contribution < -0.4 is 33.9 Å². The summed E-state index contributed by atoms with van der Waals surface area (Å²) in [6.45, 7) is 9.55. The number of ether oxygens (including phenoxy) is 1. The molecule has 2 aromatic rings. The van der Waals surface area contributed by atoms with Crippen LogP contribution in [-0.2, 0) is 11.8 Å². The van der Waals surface area contributed by atoms with Crippen LogP contribution in [0.2, 0.25) is 0 Å². The number of rotatable bonds is 5. The largest absolute Gasteiger partial charge is 1.00 e. The van der Waals surface area contributed by atoms with Crippen molar-refractivity contribution in [3.05, 3.63) is 64.5 Å². The predicted octanol–water partition coefficient (Wildman–Crippen LogP) is -0.194. The van der Waals surface area contributed by atoms with Gasteiger partial charge in [-0.1, -0.05) is 17.7 Å². The second-order valence-electron chi connectivity index (χ2n) is 7.44. The van der Waals surface area contributed by atoms with Crippen LogP contribution in [0.4, 0.5) is 0 Å². The Balaban J connectivity index is 0.00000364. The number of esters is 1. The molecule has 0 aliphatic carbocycles. The zero-order valence-corrected chi connectivity index (χ0v) is 18.9. The van der Waals surface area contributed by atoms with Gasteiger partial charge in [-0.25, -0.2) is 9.36 Å². The maximum atomic E-state index is 12.5. The van der Waals surface area contributed by atoms with Gasteiger partial charge in [-0.2, -0.15) is 0 Å². The standard InChI is InChI=1S/C21H26N2O3.HI/c1-14-11-15(2)18(16(3)12-14)20(25)26-13-21(4,5)22-19(24)17-7-9-23(6)10-8-17;/h7-12H,13H2,1-6H3;1H. The van der Waals surface area contributed by atoms with Crippen molar-refractivity contribution in [2.45, 2.75) is 40.2 Å². The highest BCUT2D eigenvalue weighted by Crippen LogP contribution is 2.18. The number of nitrogens with one attached hydrogen (secondary N) is 1. The summed E-state index contributed by atoms with van der Waals surface area (Å²) in [6.07, 6.45) is 3.62. The van der Waals surface area contributed by atoms with Crippen LogP contribution in [0.1, 0.15) is 51.3 Å². The molecule has 1 aromatic carbocycles. The fraction of sp³-hybridized carbons (Fsp3) is 0.381. The first-order valence-electron chi connectivity index (χ1n) is 8.62. The number of halogens is 1. The quantitative estimate of drug-likeness (QED) is 0.365. The number of aryl methyl sites for hydroxylation is 4. The van der Waals surface area contributed by atoms with E-state index in [1.165, 1.54) is 0 Å². The predicted molar refractivity (Wildman–Crippen MR) is 100 cm³/mol. The fourth-order valence-electron chi connectivity index (χ4n) is 2.89. The van der Waals surface area contributed by atoms with E-state index in [0.717, 1.165) is 16.7 Å². The van der Waals surface area contributed by atoms with Gasteiger partial charge < -0.3 is 34.0 Å². The summed E-state index contributed by atoms with van der Waals surface area (Å²) in [4.78, 5) is 24.9. The molecule has 27 heavy (non-hydrogen) atoms. The number of hydrogen-bond donors (Lipinski definition) is 1. The molecule has 5 nitrogen and oxygen atoms in total. The van der Waals surface area contributed by atoms with Gasteiger partial charge in [-0.15, -0.1) is 0 Å². The minimum atomic E-state index is -0.683. The molecule has 1 heterocycles. The van der Waals surface area contributed by atoms with E-state index in [4.69, 9.17) is 4.74 Å². The molecule has 0 saturated heterocycles. The van der Waals surface area contributed by atoms with Crippen molar-refractivity contribution in [2.24, 2.45) is 7.05 Å². The molecule has 0 radical (unpaired) electrons. The summed E-state index contributed by atoms with van der Waals surface area (Å²) < 4.78 is 7.35. The highest BCUT2D eigenvalue weighted by molar-refractivity contribution is 5.94. The average Bonchev–Trinajstić information content (AvgIpc) is 2.52. The molecule has 0 fully saturated rings. The lowest BCUT2D eigenvalue weighted by molar-refractivity contribution is -0.671. The molecule has 1 N–H and O–H groups in total. The van der Waals surface area contributed by atoms with Crippen molar-refractivity contribution in [2.75, 3.05) is 6.61 Å². The Labute approximate surface area is 178 Å². The van der Waals surface area contributed by atoms with Gasteiger partial charge in [0.25, 0.3) is 5.91 Å². The van der Waals surface area contributed by atoms with Crippen LogP contribution in [0.15, 0.2) is 36.7 Å². The maximum absolute atomic E-state index is 12.5. The SMILES string of the molecule is Cc1cc(C)c(C(=O)OCC(C)(C)NC(=O)c2cc[n+](C)cc2)c(C)c1.[I-]. The minimum absolute atomic E-state index is 0. The summed E-state index contributed by atoms with van der Waals surface area (Å²) in [5.74, 6) is -0.566. The highest BCUT2D eigenvalue weighted by atomic mass is 127. The summed E-state index contributed by atoms with van der Waals surface area (Å²) in [5, 5.41) is 2.91. The normalized spacial score (nSPS) is 10.7. The first-order chi connectivity index (χ1) is 12.1. The number of benzene rings is 1. The Hall–Kier alpha value is -1.96. The molecule has 146 valence electrons. The molecule has 0 aliphatic heterocycles. The third-order valence-electron chi connectivity index (χ3n) is 4.14. The van der Waals surface area contributed by atoms with Gasteiger partial charge in [0.05, 0.1) is 16.7 Å². The van der Waals surface area contributed by atoms with Crippen LogP contribution in [0.25, 0.3) is 0 Å². The lowest BCUT2D eigenvalue weighted by Crippen LogP contribution is -3.00. The van der Waals surface area contributed by atoms with Gasteiger partial charge in [0.2, 0.25) is 0 Å². The molecule has 2 rings (SSSR count). The van der Waals surface area contributed by atoms with Gasteiger partial charge in [-0.3, -0.25) is 4.79 Å². The summed E-state index contributed by atoms with van der Waals surface area (Å²) in [7, 11) is 1.89. The van der Waals surface area contributed by atoms with E-state index in [1.807, 2.05) is 70.8 Å². The molecule has 0 aliphatic rings. The fourth-order valence-corrected chi connectivity index (χ4v) is 2.89. The smallest absolute Gasteiger partial charge is 0.338 e. The van der Waals surface area contributed by atoms with Crippen LogP contribution >= 0.6 is 0 Å². The number of hydrogen-bond acceptors (Lipinski definition) is 3. The molecule has 6 heteroatoms. The second kappa shape index (κ2) is 9.30. The molecule has 0 bridgehead atoms. The van der Waals surface area contributed by atoms with Gasteiger partial charge >= 0.3 is 5.97 Å². The zero-order valence-electron chi connectivity index (χ0n) is 16.7. The van der Waals surface area contributed by atoms with Gasteiger partial charge in [0.15, 0.2) is 12.4 Å². The van der Waals surface area contributed by atoms with Crippen molar-refractivity contribution in [3.63, 3.8) is 0 Å². The number of amides is 1. The molecule has 0 saturated carbocycles. The Morgan fingerprint density at radius 3 is 2.11 bits per heavy atom. The van der Waals surface area contributed by atoms with Crippen molar-refractivity contribution < 1.29 is 42.9 Å². The van der Waals surface area contributed by atoms with Gasteiger partial charge in [0.1, 0.15) is 13.7 Å². The van der Waals surface area contributed by atoms with Gasteiger partial charge in [0, 0.05) is 12.1 Å². The number of nitrogens with zero attached hydrogens (tertiary/aromatic N) is 1.